The second-order valence-electron chi connectivity index (χ2n) is 6.37. The zero-order chi connectivity index (χ0) is 19.8. The largest absolute Gasteiger partial charge is 0.337 e. The van der Waals surface area contributed by atoms with Crippen LogP contribution in [0.2, 0.25) is 0 Å². The Morgan fingerprint density at radius 2 is 1.86 bits per heavy atom. The van der Waals surface area contributed by atoms with Gasteiger partial charge in [-0.05, 0) is 43.2 Å². The Hall–Kier alpha value is -3.23. The van der Waals surface area contributed by atoms with E-state index in [0.717, 1.165) is 18.2 Å². The molecule has 0 radical (unpaired) electrons. The van der Waals surface area contributed by atoms with Crippen LogP contribution in [0, 0.1) is 23.3 Å². The van der Waals surface area contributed by atoms with Crippen LogP contribution in [-0.2, 0) is 0 Å². The summed E-state index contributed by atoms with van der Waals surface area (Å²) in [6.07, 6.45) is 1.16. The Morgan fingerprint density at radius 1 is 1.04 bits per heavy atom. The molecule has 0 spiro atoms. The first-order chi connectivity index (χ1) is 13.4. The quantitative estimate of drug-likeness (QED) is 0.626. The van der Waals surface area contributed by atoms with Gasteiger partial charge in [0.25, 0.3) is 5.91 Å². The molecule has 1 aromatic heterocycles. The number of hydrogen-bond donors (Lipinski definition) is 0. The first-order valence-corrected chi connectivity index (χ1v) is 8.49. The van der Waals surface area contributed by atoms with Gasteiger partial charge in [-0.2, -0.15) is 4.98 Å². The van der Waals surface area contributed by atoms with Crippen LogP contribution in [0.5, 0.6) is 0 Å². The SMILES string of the molecule is O=C(c1ccc(F)c(F)c1)N1CCC[C@H]1c1nc(-c2ccc(F)cc2F)no1. The van der Waals surface area contributed by atoms with Crippen LogP contribution in [0.3, 0.4) is 0 Å². The normalized spacial score (nSPS) is 16.6. The molecular weight excluding hydrogens is 378 g/mol. The van der Waals surface area contributed by atoms with E-state index in [1.807, 2.05) is 0 Å². The third kappa shape index (κ3) is 3.23. The lowest BCUT2D eigenvalue weighted by Crippen LogP contribution is -2.30. The van der Waals surface area contributed by atoms with Gasteiger partial charge in [0.2, 0.25) is 11.7 Å². The maximum atomic E-state index is 13.9. The monoisotopic (exact) mass is 391 g/mol. The Bertz CT molecular complexity index is 1050. The average Bonchev–Trinajstić information content (AvgIpc) is 3.32. The molecule has 4 rings (SSSR count). The highest BCUT2D eigenvalue weighted by molar-refractivity contribution is 5.94. The van der Waals surface area contributed by atoms with Crippen molar-refractivity contribution in [2.75, 3.05) is 6.54 Å². The molecule has 144 valence electrons. The van der Waals surface area contributed by atoms with Crippen molar-refractivity contribution in [3.63, 3.8) is 0 Å². The Balaban J connectivity index is 1.61. The molecule has 0 bridgehead atoms. The first-order valence-electron chi connectivity index (χ1n) is 8.49. The molecule has 1 atom stereocenters. The van der Waals surface area contributed by atoms with Gasteiger partial charge in [0.1, 0.15) is 17.7 Å². The molecule has 1 aliphatic rings. The summed E-state index contributed by atoms with van der Waals surface area (Å²) in [5.74, 6) is -4.22. The van der Waals surface area contributed by atoms with Crippen molar-refractivity contribution < 1.29 is 26.9 Å². The van der Waals surface area contributed by atoms with E-state index in [-0.39, 0.29) is 22.8 Å². The molecule has 1 fully saturated rings. The zero-order valence-electron chi connectivity index (χ0n) is 14.3. The van der Waals surface area contributed by atoms with Gasteiger partial charge in [-0.15, -0.1) is 0 Å². The van der Waals surface area contributed by atoms with Crippen molar-refractivity contribution in [1.82, 2.24) is 15.0 Å². The van der Waals surface area contributed by atoms with E-state index >= 15 is 0 Å². The summed E-state index contributed by atoms with van der Waals surface area (Å²) >= 11 is 0. The predicted octanol–water partition coefficient (Wildman–Crippen LogP) is 4.27. The summed E-state index contributed by atoms with van der Waals surface area (Å²) in [4.78, 5) is 18.3. The standard InChI is InChI=1S/C19H13F4N3O2/c20-11-4-5-12(14(22)9-11)17-24-18(28-25-17)16-2-1-7-26(16)19(27)10-3-6-13(21)15(23)8-10/h3-6,8-9,16H,1-2,7H2/t16-/m0/s1. The van der Waals surface area contributed by atoms with Gasteiger partial charge >= 0.3 is 0 Å². The number of rotatable bonds is 3. The molecule has 0 aliphatic carbocycles. The van der Waals surface area contributed by atoms with E-state index in [9.17, 15) is 22.4 Å². The van der Waals surface area contributed by atoms with Gasteiger partial charge in [0.05, 0.1) is 5.56 Å². The fourth-order valence-electron chi connectivity index (χ4n) is 3.21. The summed E-state index contributed by atoms with van der Waals surface area (Å²) in [6, 6.07) is 5.31. The maximum Gasteiger partial charge on any atom is 0.254 e. The van der Waals surface area contributed by atoms with Crippen LogP contribution >= 0.6 is 0 Å². The number of amides is 1. The third-order valence-corrected chi connectivity index (χ3v) is 4.58. The molecule has 28 heavy (non-hydrogen) atoms. The zero-order valence-corrected chi connectivity index (χ0v) is 14.3. The third-order valence-electron chi connectivity index (χ3n) is 4.58. The summed E-state index contributed by atoms with van der Waals surface area (Å²) in [5, 5.41) is 3.72. The Morgan fingerprint density at radius 3 is 2.61 bits per heavy atom. The predicted molar refractivity (Wildman–Crippen MR) is 89.0 cm³/mol. The van der Waals surface area contributed by atoms with Crippen molar-refractivity contribution in [3.8, 4) is 11.4 Å². The Labute approximate surface area is 156 Å². The van der Waals surface area contributed by atoms with E-state index in [1.165, 1.54) is 17.0 Å². The highest BCUT2D eigenvalue weighted by Crippen LogP contribution is 2.33. The first kappa shape index (κ1) is 18.1. The van der Waals surface area contributed by atoms with Crippen LogP contribution in [0.1, 0.15) is 35.1 Å². The number of aromatic nitrogens is 2. The molecule has 1 aliphatic heterocycles. The highest BCUT2D eigenvalue weighted by Gasteiger charge is 2.35. The van der Waals surface area contributed by atoms with Crippen molar-refractivity contribution in [1.29, 1.82) is 0 Å². The number of likely N-dealkylation sites (tertiary alicyclic amines) is 1. The fraction of sp³-hybridized carbons (Fsp3) is 0.211. The lowest BCUT2D eigenvalue weighted by Gasteiger charge is -2.21. The molecule has 5 nitrogen and oxygen atoms in total. The maximum absolute atomic E-state index is 13.9. The van der Waals surface area contributed by atoms with Crippen molar-refractivity contribution >= 4 is 5.91 Å². The second kappa shape index (κ2) is 7.06. The van der Waals surface area contributed by atoms with Gasteiger partial charge in [0, 0.05) is 18.2 Å². The Kier molecular flexibility index (Phi) is 4.58. The number of nitrogens with zero attached hydrogens (tertiary/aromatic N) is 3. The number of carbonyl (C=O) groups is 1. The minimum Gasteiger partial charge on any atom is -0.337 e. The molecule has 2 heterocycles. The van der Waals surface area contributed by atoms with E-state index in [0.29, 0.717) is 25.5 Å². The second-order valence-corrected chi connectivity index (χ2v) is 6.37. The lowest BCUT2D eigenvalue weighted by molar-refractivity contribution is 0.0709. The van der Waals surface area contributed by atoms with E-state index in [2.05, 4.69) is 10.1 Å². The fourth-order valence-corrected chi connectivity index (χ4v) is 3.21. The van der Waals surface area contributed by atoms with Crippen molar-refractivity contribution in [2.24, 2.45) is 0 Å². The van der Waals surface area contributed by atoms with E-state index in [1.54, 1.807) is 0 Å². The highest BCUT2D eigenvalue weighted by atomic mass is 19.2. The van der Waals surface area contributed by atoms with Crippen LogP contribution in [-0.4, -0.2) is 27.5 Å². The summed E-state index contributed by atoms with van der Waals surface area (Å²) < 4.78 is 58.8. The van der Waals surface area contributed by atoms with Gasteiger partial charge in [0.15, 0.2) is 11.6 Å². The van der Waals surface area contributed by atoms with Gasteiger partial charge < -0.3 is 9.42 Å². The minimum absolute atomic E-state index is 0.00452. The van der Waals surface area contributed by atoms with E-state index in [4.69, 9.17) is 4.52 Å². The van der Waals surface area contributed by atoms with Crippen LogP contribution in [0.15, 0.2) is 40.9 Å². The smallest absolute Gasteiger partial charge is 0.254 e. The van der Waals surface area contributed by atoms with Crippen LogP contribution < -0.4 is 0 Å². The van der Waals surface area contributed by atoms with Gasteiger partial charge in [-0.25, -0.2) is 17.6 Å². The lowest BCUT2D eigenvalue weighted by atomic mass is 10.1. The number of benzene rings is 2. The van der Waals surface area contributed by atoms with Crippen LogP contribution in [0.4, 0.5) is 17.6 Å². The molecular formula is C19H13F4N3O2. The molecule has 1 saturated heterocycles. The molecule has 0 saturated carbocycles. The topological polar surface area (TPSA) is 59.2 Å². The van der Waals surface area contributed by atoms with Gasteiger partial charge in [-0.1, -0.05) is 5.16 Å². The molecule has 2 aromatic carbocycles. The number of halogens is 4. The van der Waals surface area contributed by atoms with Crippen molar-refractivity contribution in [3.05, 3.63) is 71.1 Å². The summed E-state index contributed by atoms with van der Waals surface area (Å²) in [5.41, 5.74) is -0.0389. The van der Waals surface area contributed by atoms with Gasteiger partial charge in [-0.3, -0.25) is 4.79 Å². The van der Waals surface area contributed by atoms with E-state index < -0.39 is 35.2 Å². The molecule has 0 unspecified atom stereocenters. The molecule has 3 aromatic rings. The summed E-state index contributed by atoms with van der Waals surface area (Å²) in [6.45, 7) is 0.366. The molecule has 1 amide bonds. The minimum atomic E-state index is -1.12. The average molecular weight is 391 g/mol. The number of carbonyl (C=O) groups excluding carboxylic acids is 1. The summed E-state index contributed by atoms with van der Waals surface area (Å²) in [7, 11) is 0. The van der Waals surface area contributed by atoms with Crippen LogP contribution in [0.25, 0.3) is 11.4 Å². The molecule has 9 heteroatoms. The number of hydrogen-bond acceptors (Lipinski definition) is 4. The van der Waals surface area contributed by atoms with Crippen molar-refractivity contribution in [2.45, 2.75) is 18.9 Å². The molecule has 0 N–H and O–H groups in total.